The van der Waals surface area contributed by atoms with Gasteiger partial charge in [-0.2, -0.15) is 0 Å². The number of rotatable bonds is 5. The fourth-order valence-electron chi connectivity index (χ4n) is 3.87. The average Bonchev–Trinajstić information content (AvgIpc) is 3.08. The molecule has 3 unspecified atom stereocenters. The molecule has 2 aliphatic heterocycles. The highest BCUT2D eigenvalue weighted by molar-refractivity contribution is 5.77. The lowest BCUT2D eigenvalue weighted by atomic mass is 9.89. The van der Waals surface area contributed by atoms with Crippen LogP contribution in [0.4, 0.5) is 0 Å². The van der Waals surface area contributed by atoms with Crippen LogP contribution in [0.3, 0.4) is 0 Å². The van der Waals surface area contributed by atoms with Gasteiger partial charge in [0.2, 0.25) is 5.91 Å². The standard InChI is InChI=1S/C20H29NO4/c1-14-5-6-16(12-15(14)2)25-11-8-20(23)21-9-3-4-18(21)17-13-24-10-7-19(17)22/h5-6,12,17-19,22H,3-4,7-11,13H2,1-2H3. The predicted octanol–water partition coefficient (Wildman–Crippen LogP) is 2.46. The van der Waals surface area contributed by atoms with Crippen molar-refractivity contribution in [1.82, 2.24) is 4.90 Å². The van der Waals surface area contributed by atoms with Crippen LogP contribution < -0.4 is 4.74 Å². The minimum atomic E-state index is -0.362. The van der Waals surface area contributed by atoms with Gasteiger partial charge in [-0.3, -0.25) is 4.79 Å². The van der Waals surface area contributed by atoms with E-state index in [4.69, 9.17) is 9.47 Å². The van der Waals surface area contributed by atoms with Crippen LogP contribution in [-0.4, -0.2) is 54.4 Å². The van der Waals surface area contributed by atoms with Crippen molar-refractivity contribution >= 4 is 5.91 Å². The third-order valence-electron chi connectivity index (χ3n) is 5.54. The molecule has 0 spiro atoms. The largest absolute Gasteiger partial charge is 0.493 e. The van der Waals surface area contributed by atoms with Gasteiger partial charge in [0.15, 0.2) is 0 Å². The average molecular weight is 347 g/mol. The molecule has 0 saturated carbocycles. The Morgan fingerprint density at radius 3 is 2.92 bits per heavy atom. The lowest BCUT2D eigenvalue weighted by molar-refractivity contribution is -0.136. The highest BCUT2D eigenvalue weighted by atomic mass is 16.5. The minimum absolute atomic E-state index is 0.0425. The van der Waals surface area contributed by atoms with Gasteiger partial charge in [0.05, 0.1) is 25.7 Å². The fraction of sp³-hybridized carbons (Fsp3) is 0.650. The maximum atomic E-state index is 12.6. The zero-order chi connectivity index (χ0) is 17.8. The molecular weight excluding hydrogens is 318 g/mol. The van der Waals surface area contributed by atoms with Crippen molar-refractivity contribution in [1.29, 1.82) is 0 Å². The number of hydrogen-bond donors (Lipinski definition) is 1. The number of carbonyl (C=O) groups is 1. The van der Waals surface area contributed by atoms with Crippen LogP contribution in [0.25, 0.3) is 0 Å². The normalized spacial score (nSPS) is 26.7. The van der Waals surface area contributed by atoms with Gasteiger partial charge in [-0.25, -0.2) is 0 Å². The Kier molecular flexibility index (Phi) is 5.97. The van der Waals surface area contributed by atoms with Crippen LogP contribution in [0.15, 0.2) is 18.2 Å². The first kappa shape index (κ1) is 18.2. The van der Waals surface area contributed by atoms with Crippen molar-refractivity contribution in [2.75, 3.05) is 26.4 Å². The van der Waals surface area contributed by atoms with Gasteiger partial charge < -0.3 is 19.5 Å². The summed E-state index contributed by atoms with van der Waals surface area (Å²) >= 11 is 0. The third-order valence-corrected chi connectivity index (χ3v) is 5.54. The van der Waals surface area contributed by atoms with E-state index in [1.54, 1.807) is 0 Å². The van der Waals surface area contributed by atoms with Crippen LogP contribution in [0, 0.1) is 19.8 Å². The summed E-state index contributed by atoms with van der Waals surface area (Å²) in [7, 11) is 0. The second-order valence-electron chi connectivity index (χ2n) is 7.24. The van der Waals surface area contributed by atoms with Crippen molar-refractivity contribution in [2.24, 2.45) is 5.92 Å². The summed E-state index contributed by atoms with van der Waals surface area (Å²) in [5, 5.41) is 10.3. The minimum Gasteiger partial charge on any atom is -0.493 e. The Morgan fingerprint density at radius 2 is 2.16 bits per heavy atom. The second kappa shape index (κ2) is 8.19. The molecule has 0 bridgehead atoms. The zero-order valence-electron chi connectivity index (χ0n) is 15.2. The smallest absolute Gasteiger partial charge is 0.226 e. The highest BCUT2D eigenvalue weighted by Crippen LogP contribution is 2.30. The summed E-state index contributed by atoms with van der Waals surface area (Å²) in [6.07, 6.45) is 2.62. The Balaban J connectivity index is 1.52. The van der Waals surface area contributed by atoms with E-state index in [0.717, 1.165) is 25.1 Å². The number of aryl methyl sites for hydroxylation is 2. The monoisotopic (exact) mass is 347 g/mol. The molecule has 1 N–H and O–H groups in total. The molecule has 3 rings (SSSR count). The van der Waals surface area contributed by atoms with Gasteiger partial charge >= 0.3 is 0 Å². The maximum Gasteiger partial charge on any atom is 0.226 e. The first-order valence-corrected chi connectivity index (χ1v) is 9.31. The summed E-state index contributed by atoms with van der Waals surface area (Å²) in [6.45, 7) is 6.45. The van der Waals surface area contributed by atoms with Crippen molar-refractivity contribution in [3.63, 3.8) is 0 Å². The number of likely N-dealkylation sites (tertiary alicyclic amines) is 1. The predicted molar refractivity (Wildman–Crippen MR) is 95.7 cm³/mol. The summed E-state index contributed by atoms with van der Waals surface area (Å²) in [5.74, 6) is 0.968. The number of hydrogen-bond acceptors (Lipinski definition) is 4. The summed E-state index contributed by atoms with van der Waals surface area (Å²) < 4.78 is 11.3. The van der Waals surface area contributed by atoms with E-state index in [-0.39, 0.29) is 24.0 Å². The fourth-order valence-corrected chi connectivity index (χ4v) is 3.87. The molecule has 2 aliphatic rings. The molecule has 5 heteroatoms. The van der Waals surface area contributed by atoms with E-state index in [0.29, 0.717) is 32.7 Å². The molecule has 2 saturated heterocycles. The molecule has 25 heavy (non-hydrogen) atoms. The van der Waals surface area contributed by atoms with Crippen molar-refractivity contribution in [2.45, 2.75) is 51.7 Å². The maximum absolute atomic E-state index is 12.6. The molecule has 3 atom stereocenters. The number of nitrogens with zero attached hydrogens (tertiary/aromatic N) is 1. The third kappa shape index (κ3) is 4.33. The van der Waals surface area contributed by atoms with E-state index < -0.39 is 0 Å². The van der Waals surface area contributed by atoms with Crippen LogP contribution in [0.1, 0.15) is 36.8 Å². The molecule has 1 aromatic rings. The van der Waals surface area contributed by atoms with Gasteiger partial charge in [0.1, 0.15) is 5.75 Å². The molecule has 0 aromatic heterocycles. The molecule has 138 valence electrons. The van der Waals surface area contributed by atoms with Crippen molar-refractivity contribution < 1.29 is 19.4 Å². The number of ether oxygens (including phenoxy) is 2. The number of carbonyl (C=O) groups excluding carboxylic acids is 1. The summed E-state index contributed by atoms with van der Waals surface area (Å²) in [5.41, 5.74) is 2.42. The lowest BCUT2D eigenvalue weighted by Gasteiger charge is -2.37. The van der Waals surface area contributed by atoms with Crippen molar-refractivity contribution in [3.8, 4) is 5.75 Å². The molecule has 0 aliphatic carbocycles. The Bertz CT molecular complexity index is 603. The number of aliphatic hydroxyl groups excluding tert-OH is 1. The van der Waals surface area contributed by atoms with Gasteiger partial charge in [-0.15, -0.1) is 0 Å². The molecule has 0 radical (unpaired) electrons. The first-order chi connectivity index (χ1) is 12.1. The topological polar surface area (TPSA) is 59.0 Å². The first-order valence-electron chi connectivity index (χ1n) is 9.31. The van der Waals surface area contributed by atoms with Crippen molar-refractivity contribution in [3.05, 3.63) is 29.3 Å². The highest BCUT2D eigenvalue weighted by Gasteiger charge is 2.39. The molecular formula is C20H29NO4. The Hall–Kier alpha value is -1.59. The SMILES string of the molecule is Cc1ccc(OCCC(=O)N2CCCC2C2COCCC2O)cc1C. The summed E-state index contributed by atoms with van der Waals surface area (Å²) in [4.78, 5) is 14.6. The van der Waals surface area contributed by atoms with E-state index in [9.17, 15) is 9.90 Å². The van der Waals surface area contributed by atoms with Crippen LogP contribution in [0.5, 0.6) is 5.75 Å². The number of aliphatic hydroxyl groups is 1. The molecule has 1 aromatic carbocycles. The molecule has 1 amide bonds. The molecule has 2 heterocycles. The van der Waals surface area contributed by atoms with E-state index in [1.807, 2.05) is 23.1 Å². The van der Waals surface area contributed by atoms with Gasteiger partial charge in [-0.1, -0.05) is 6.07 Å². The van der Waals surface area contributed by atoms with E-state index in [1.165, 1.54) is 11.1 Å². The van der Waals surface area contributed by atoms with Gasteiger partial charge in [0, 0.05) is 25.1 Å². The number of benzene rings is 1. The van der Waals surface area contributed by atoms with E-state index in [2.05, 4.69) is 13.8 Å². The summed E-state index contributed by atoms with van der Waals surface area (Å²) in [6, 6.07) is 6.09. The van der Waals surface area contributed by atoms with Gasteiger partial charge in [0.25, 0.3) is 0 Å². The van der Waals surface area contributed by atoms with Crippen LogP contribution in [0.2, 0.25) is 0 Å². The molecule has 5 nitrogen and oxygen atoms in total. The van der Waals surface area contributed by atoms with Gasteiger partial charge in [-0.05, 0) is 56.4 Å². The molecule has 2 fully saturated rings. The quantitative estimate of drug-likeness (QED) is 0.889. The zero-order valence-corrected chi connectivity index (χ0v) is 15.2. The van der Waals surface area contributed by atoms with Crippen LogP contribution >= 0.6 is 0 Å². The lowest BCUT2D eigenvalue weighted by Crippen LogP contribution is -2.48. The number of amides is 1. The second-order valence-corrected chi connectivity index (χ2v) is 7.24. The Labute approximate surface area is 149 Å². The van der Waals surface area contributed by atoms with E-state index >= 15 is 0 Å². The van der Waals surface area contributed by atoms with Crippen LogP contribution in [-0.2, 0) is 9.53 Å². The Morgan fingerprint density at radius 1 is 1.32 bits per heavy atom.